The molecule has 0 atom stereocenters. The first-order valence-corrected chi connectivity index (χ1v) is 7.03. The van der Waals surface area contributed by atoms with Gasteiger partial charge in [-0.25, -0.2) is 0 Å². The first-order chi connectivity index (χ1) is 9.60. The zero-order chi connectivity index (χ0) is 14.3. The standard InChI is InChI=1S/C14H12BrN3O2/c1-3-18-16-7-11(17-18)14(19)13-6-9-8(2)10(15)4-5-12(9)20-13/h4-7H,3H2,1-2H3. The molecule has 0 radical (unpaired) electrons. The molecular weight excluding hydrogens is 322 g/mol. The zero-order valence-corrected chi connectivity index (χ0v) is 12.6. The average molecular weight is 334 g/mol. The van der Waals surface area contributed by atoms with E-state index in [4.69, 9.17) is 4.42 Å². The van der Waals surface area contributed by atoms with Gasteiger partial charge in [-0.3, -0.25) is 4.79 Å². The topological polar surface area (TPSA) is 60.9 Å². The number of carbonyl (C=O) groups excluding carboxylic acids is 1. The Kier molecular flexibility index (Phi) is 3.17. The first-order valence-electron chi connectivity index (χ1n) is 6.23. The molecule has 20 heavy (non-hydrogen) atoms. The summed E-state index contributed by atoms with van der Waals surface area (Å²) in [6, 6.07) is 5.50. The number of rotatable bonds is 3. The van der Waals surface area contributed by atoms with Crippen molar-refractivity contribution in [3.05, 3.63) is 45.9 Å². The summed E-state index contributed by atoms with van der Waals surface area (Å²) in [7, 11) is 0. The molecular formula is C14H12BrN3O2. The average Bonchev–Trinajstić information content (AvgIpc) is 3.08. The van der Waals surface area contributed by atoms with Crippen LogP contribution in [-0.2, 0) is 6.54 Å². The summed E-state index contributed by atoms with van der Waals surface area (Å²) in [6.07, 6.45) is 1.46. The van der Waals surface area contributed by atoms with Crippen molar-refractivity contribution >= 4 is 32.7 Å². The van der Waals surface area contributed by atoms with Crippen LogP contribution >= 0.6 is 15.9 Å². The third kappa shape index (κ3) is 2.06. The molecule has 0 saturated carbocycles. The van der Waals surface area contributed by atoms with E-state index in [9.17, 15) is 4.79 Å². The van der Waals surface area contributed by atoms with Crippen LogP contribution in [0.15, 0.2) is 33.3 Å². The number of benzene rings is 1. The molecule has 1 aromatic carbocycles. The van der Waals surface area contributed by atoms with Crippen molar-refractivity contribution in [1.82, 2.24) is 15.0 Å². The highest BCUT2D eigenvalue weighted by Crippen LogP contribution is 2.29. The molecule has 0 amide bonds. The van der Waals surface area contributed by atoms with E-state index < -0.39 is 0 Å². The normalized spacial score (nSPS) is 11.2. The van der Waals surface area contributed by atoms with Crippen LogP contribution in [0.5, 0.6) is 0 Å². The Balaban J connectivity index is 2.06. The molecule has 0 aliphatic heterocycles. The number of aromatic nitrogens is 3. The Hall–Kier alpha value is -1.95. The summed E-state index contributed by atoms with van der Waals surface area (Å²) in [5.41, 5.74) is 2.03. The van der Waals surface area contributed by atoms with Crippen molar-refractivity contribution in [2.75, 3.05) is 0 Å². The molecule has 0 aliphatic rings. The van der Waals surface area contributed by atoms with E-state index in [1.54, 1.807) is 6.07 Å². The van der Waals surface area contributed by atoms with Crippen molar-refractivity contribution in [2.24, 2.45) is 0 Å². The highest BCUT2D eigenvalue weighted by Gasteiger charge is 2.19. The Morgan fingerprint density at radius 2 is 2.25 bits per heavy atom. The van der Waals surface area contributed by atoms with Gasteiger partial charge < -0.3 is 4.42 Å². The molecule has 0 unspecified atom stereocenters. The predicted molar refractivity (Wildman–Crippen MR) is 77.8 cm³/mol. The van der Waals surface area contributed by atoms with Crippen LogP contribution in [0.1, 0.15) is 28.7 Å². The maximum Gasteiger partial charge on any atom is 0.250 e. The Bertz CT molecular complexity index is 804. The summed E-state index contributed by atoms with van der Waals surface area (Å²) < 4.78 is 6.60. The van der Waals surface area contributed by atoms with Crippen LogP contribution in [0.25, 0.3) is 11.0 Å². The summed E-state index contributed by atoms with van der Waals surface area (Å²) in [5, 5.41) is 9.03. The lowest BCUT2D eigenvalue weighted by Crippen LogP contribution is -2.03. The lowest BCUT2D eigenvalue weighted by molar-refractivity contribution is 0.101. The van der Waals surface area contributed by atoms with E-state index in [2.05, 4.69) is 26.1 Å². The molecule has 3 rings (SSSR count). The molecule has 0 aliphatic carbocycles. The number of aryl methyl sites for hydroxylation is 2. The maximum atomic E-state index is 12.3. The number of carbonyl (C=O) groups is 1. The van der Waals surface area contributed by atoms with Gasteiger partial charge in [0.1, 0.15) is 5.58 Å². The molecule has 6 heteroatoms. The fraction of sp³-hybridized carbons (Fsp3) is 0.214. The number of nitrogens with zero attached hydrogens (tertiary/aromatic N) is 3. The fourth-order valence-corrected chi connectivity index (χ4v) is 2.36. The van der Waals surface area contributed by atoms with Gasteiger partial charge in [0.25, 0.3) is 0 Å². The third-order valence-corrected chi connectivity index (χ3v) is 4.04. The van der Waals surface area contributed by atoms with Gasteiger partial charge >= 0.3 is 0 Å². The Morgan fingerprint density at radius 3 is 2.95 bits per heavy atom. The van der Waals surface area contributed by atoms with Crippen LogP contribution in [0.2, 0.25) is 0 Å². The van der Waals surface area contributed by atoms with E-state index >= 15 is 0 Å². The van der Waals surface area contributed by atoms with Gasteiger partial charge in [0.15, 0.2) is 11.5 Å². The molecule has 0 fully saturated rings. The van der Waals surface area contributed by atoms with Gasteiger partial charge in [0.2, 0.25) is 5.78 Å². The number of halogens is 1. The summed E-state index contributed by atoms with van der Waals surface area (Å²) >= 11 is 3.47. The van der Waals surface area contributed by atoms with Crippen molar-refractivity contribution in [3.63, 3.8) is 0 Å². The first kappa shape index (κ1) is 13.1. The molecule has 2 aromatic heterocycles. The second-order valence-corrected chi connectivity index (χ2v) is 5.30. The van der Waals surface area contributed by atoms with Crippen molar-refractivity contribution in [3.8, 4) is 0 Å². The van der Waals surface area contributed by atoms with Crippen molar-refractivity contribution in [2.45, 2.75) is 20.4 Å². The minimum absolute atomic E-state index is 0.253. The molecule has 3 aromatic rings. The van der Waals surface area contributed by atoms with Crippen LogP contribution in [0.3, 0.4) is 0 Å². The van der Waals surface area contributed by atoms with Gasteiger partial charge in [-0.2, -0.15) is 9.90 Å². The summed E-state index contributed by atoms with van der Waals surface area (Å²) in [6.45, 7) is 4.51. The van der Waals surface area contributed by atoms with Crippen molar-refractivity contribution < 1.29 is 9.21 Å². The minimum Gasteiger partial charge on any atom is -0.452 e. The highest BCUT2D eigenvalue weighted by molar-refractivity contribution is 9.10. The van der Waals surface area contributed by atoms with Gasteiger partial charge in [-0.05, 0) is 37.6 Å². The highest BCUT2D eigenvalue weighted by atomic mass is 79.9. The van der Waals surface area contributed by atoms with Gasteiger partial charge in [0.05, 0.1) is 12.7 Å². The lowest BCUT2D eigenvalue weighted by Gasteiger charge is -1.96. The van der Waals surface area contributed by atoms with Crippen LogP contribution < -0.4 is 0 Å². The third-order valence-electron chi connectivity index (χ3n) is 3.18. The predicted octanol–water partition coefficient (Wildman–Crippen LogP) is 3.35. The number of fused-ring (bicyclic) bond motifs is 1. The lowest BCUT2D eigenvalue weighted by atomic mass is 10.1. The van der Waals surface area contributed by atoms with E-state index in [1.165, 1.54) is 11.0 Å². The molecule has 102 valence electrons. The van der Waals surface area contributed by atoms with E-state index in [0.717, 1.165) is 15.4 Å². The molecule has 2 heterocycles. The second-order valence-electron chi connectivity index (χ2n) is 4.44. The number of hydrogen-bond acceptors (Lipinski definition) is 4. The maximum absolute atomic E-state index is 12.3. The van der Waals surface area contributed by atoms with E-state index in [1.807, 2.05) is 26.0 Å². The second kappa shape index (κ2) is 4.86. The van der Waals surface area contributed by atoms with Crippen molar-refractivity contribution in [1.29, 1.82) is 0 Å². The Labute approximate surface area is 123 Å². The number of ketones is 1. The van der Waals surface area contributed by atoms with Gasteiger partial charge in [0, 0.05) is 9.86 Å². The molecule has 5 nitrogen and oxygen atoms in total. The number of furan rings is 1. The van der Waals surface area contributed by atoms with E-state index in [0.29, 0.717) is 17.8 Å². The van der Waals surface area contributed by atoms with Crippen LogP contribution in [0, 0.1) is 6.92 Å². The zero-order valence-electron chi connectivity index (χ0n) is 11.1. The summed E-state index contributed by atoms with van der Waals surface area (Å²) in [4.78, 5) is 13.8. The van der Waals surface area contributed by atoms with E-state index in [-0.39, 0.29) is 11.5 Å². The molecule has 0 N–H and O–H groups in total. The van der Waals surface area contributed by atoms with Crippen LogP contribution in [0.4, 0.5) is 0 Å². The molecule has 0 spiro atoms. The number of hydrogen-bond donors (Lipinski definition) is 0. The SMILES string of the molecule is CCn1ncc(C(=O)c2cc3c(C)c(Br)ccc3o2)n1. The minimum atomic E-state index is -0.253. The summed E-state index contributed by atoms with van der Waals surface area (Å²) in [5.74, 6) is 0.0285. The molecule has 0 bridgehead atoms. The van der Waals surface area contributed by atoms with Gasteiger partial charge in [-0.1, -0.05) is 15.9 Å². The molecule has 0 saturated heterocycles. The quantitative estimate of drug-likeness (QED) is 0.689. The largest absolute Gasteiger partial charge is 0.452 e. The Morgan fingerprint density at radius 1 is 1.45 bits per heavy atom. The smallest absolute Gasteiger partial charge is 0.250 e. The monoisotopic (exact) mass is 333 g/mol. The fourth-order valence-electron chi connectivity index (χ4n) is 2.02. The van der Waals surface area contributed by atoms with Crippen LogP contribution in [-0.4, -0.2) is 20.8 Å². The van der Waals surface area contributed by atoms with Gasteiger partial charge in [-0.15, -0.1) is 5.10 Å².